The first-order valence-electron chi connectivity index (χ1n) is 8.67. The van der Waals surface area contributed by atoms with Crippen molar-refractivity contribution in [2.24, 2.45) is 0 Å². The molecule has 4 aromatic rings. The second-order valence-electron chi connectivity index (χ2n) is 6.19. The summed E-state index contributed by atoms with van der Waals surface area (Å²) in [5.41, 5.74) is 2.18. The van der Waals surface area contributed by atoms with Gasteiger partial charge in [0.25, 0.3) is 0 Å². The molecule has 0 amide bonds. The molecule has 0 saturated heterocycles. The lowest BCUT2D eigenvalue weighted by Crippen LogP contribution is -2.04. The van der Waals surface area contributed by atoms with Gasteiger partial charge in [-0.2, -0.15) is 13.2 Å². The average molecular weight is 393 g/mol. The molecule has 0 N–H and O–H groups in total. The molecule has 0 aliphatic heterocycles. The molecule has 0 unspecified atom stereocenters. The van der Waals surface area contributed by atoms with Crippen molar-refractivity contribution >= 4 is 0 Å². The summed E-state index contributed by atoms with van der Waals surface area (Å²) in [5.74, 6) is 0.863. The minimum atomic E-state index is -4.38. The molecule has 0 spiro atoms. The van der Waals surface area contributed by atoms with E-state index in [1.54, 1.807) is 24.5 Å². The van der Waals surface area contributed by atoms with Gasteiger partial charge in [-0.05, 0) is 35.9 Å². The smallest absolute Gasteiger partial charge is 0.416 e. The first kappa shape index (κ1) is 18.6. The molecule has 0 bridgehead atoms. The molecule has 29 heavy (non-hydrogen) atoms. The SMILES string of the molecule is FC(F)(F)c1ccc(-c2cc(Oc3cccc(-c4cccnc4)c3)ncn2)cc1. The van der Waals surface area contributed by atoms with Gasteiger partial charge in [-0.25, -0.2) is 9.97 Å². The Morgan fingerprint density at radius 1 is 0.759 bits per heavy atom. The predicted octanol–water partition coefficient (Wildman–Crippen LogP) is 6.02. The number of benzene rings is 2. The number of rotatable bonds is 4. The van der Waals surface area contributed by atoms with E-state index in [4.69, 9.17) is 4.74 Å². The number of hydrogen-bond acceptors (Lipinski definition) is 4. The van der Waals surface area contributed by atoms with Crippen molar-refractivity contribution < 1.29 is 17.9 Å². The van der Waals surface area contributed by atoms with Crippen LogP contribution in [0.3, 0.4) is 0 Å². The highest BCUT2D eigenvalue weighted by Crippen LogP contribution is 2.31. The number of alkyl halides is 3. The van der Waals surface area contributed by atoms with Crippen LogP contribution in [-0.4, -0.2) is 15.0 Å². The third-order valence-corrected chi connectivity index (χ3v) is 4.20. The van der Waals surface area contributed by atoms with Crippen LogP contribution >= 0.6 is 0 Å². The lowest BCUT2D eigenvalue weighted by atomic mass is 10.1. The summed E-state index contributed by atoms with van der Waals surface area (Å²) in [7, 11) is 0. The van der Waals surface area contributed by atoms with Gasteiger partial charge in [-0.15, -0.1) is 0 Å². The van der Waals surface area contributed by atoms with Gasteiger partial charge in [-0.3, -0.25) is 4.98 Å². The number of halogens is 3. The molecular formula is C22H14F3N3O. The van der Waals surface area contributed by atoms with Crippen LogP contribution in [0.15, 0.2) is 85.5 Å². The molecule has 2 heterocycles. The van der Waals surface area contributed by atoms with Crippen LogP contribution in [0.2, 0.25) is 0 Å². The highest BCUT2D eigenvalue weighted by atomic mass is 19.4. The first-order chi connectivity index (χ1) is 14.0. The van der Waals surface area contributed by atoms with Crippen molar-refractivity contribution in [2.75, 3.05) is 0 Å². The molecule has 0 aliphatic carbocycles. The van der Waals surface area contributed by atoms with E-state index < -0.39 is 11.7 Å². The van der Waals surface area contributed by atoms with E-state index in [1.165, 1.54) is 18.5 Å². The zero-order valence-corrected chi connectivity index (χ0v) is 15.0. The fourth-order valence-electron chi connectivity index (χ4n) is 2.78. The Hall–Kier alpha value is -3.74. The monoisotopic (exact) mass is 393 g/mol. The lowest BCUT2D eigenvalue weighted by molar-refractivity contribution is -0.137. The maximum atomic E-state index is 12.7. The van der Waals surface area contributed by atoms with Gasteiger partial charge >= 0.3 is 6.18 Å². The van der Waals surface area contributed by atoms with Crippen LogP contribution in [0.1, 0.15) is 5.56 Å². The quantitative estimate of drug-likeness (QED) is 0.426. The lowest BCUT2D eigenvalue weighted by Gasteiger charge is -2.09. The molecule has 4 nitrogen and oxygen atoms in total. The number of aromatic nitrogens is 3. The Labute approximate surface area is 164 Å². The molecule has 0 fully saturated rings. The van der Waals surface area contributed by atoms with Gasteiger partial charge < -0.3 is 4.74 Å². The number of pyridine rings is 1. The summed E-state index contributed by atoms with van der Waals surface area (Å²) < 4.78 is 44.0. The zero-order chi connectivity index (χ0) is 20.3. The van der Waals surface area contributed by atoms with Gasteiger partial charge in [0, 0.05) is 29.6 Å². The molecule has 4 rings (SSSR count). The van der Waals surface area contributed by atoms with E-state index in [1.807, 2.05) is 30.3 Å². The van der Waals surface area contributed by atoms with Gasteiger partial charge in [0.1, 0.15) is 12.1 Å². The van der Waals surface area contributed by atoms with E-state index in [9.17, 15) is 13.2 Å². The number of nitrogens with zero attached hydrogens (tertiary/aromatic N) is 3. The molecule has 0 radical (unpaired) electrons. The van der Waals surface area contributed by atoms with Gasteiger partial charge in [0.05, 0.1) is 11.3 Å². The van der Waals surface area contributed by atoms with E-state index in [0.29, 0.717) is 22.9 Å². The Morgan fingerprint density at radius 2 is 1.55 bits per heavy atom. The van der Waals surface area contributed by atoms with E-state index in [-0.39, 0.29) is 0 Å². The van der Waals surface area contributed by atoms with Gasteiger partial charge in [-0.1, -0.05) is 30.3 Å². The topological polar surface area (TPSA) is 47.9 Å². The van der Waals surface area contributed by atoms with Gasteiger partial charge in [0.15, 0.2) is 0 Å². The second-order valence-corrected chi connectivity index (χ2v) is 6.19. The Morgan fingerprint density at radius 3 is 2.28 bits per heavy atom. The predicted molar refractivity (Wildman–Crippen MR) is 102 cm³/mol. The van der Waals surface area contributed by atoms with Crippen molar-refractivity contribution in [1.82, 2.24) is 15.0 Å². The zero-order valence-electron chi connectivity index (χ0n) is 15.0. The summed E-state index contributed by atoms with van der Waals surface area (Å²) in [6.45, 7) is 0. The van der Waals surface area contributed by atoms with Crippen molar-refractivity contribution in [3.8, 4) is 34.0 Å². The molecular weight excluding hydrogens is 379 g/mol. The second kappa shape index (κ2) is 7.71. The molecule has 2 aromatic carbocycles. The van der Waals surface area contributed by atoms with Crippen molar-refractivity contribution in [3.63, 3.8) is 0 Å². The van der Waals surface area contributed by atoms with Crippen LogP contribution in [0.4, 0.5) is 13.2 Å². The van der Waals surface area contributed by atoms with Crippen LogP contribution in [-0.2, 0) is 6.18 Å². The molecule has 7 heteroatoms. The average Bonchev–Trinajstić information content (AvgIpc) is 2.74. The van der Waals surface area contributed by atoms with Crippen LogP contribution in [0.5, 0.6) is 11.6 Å². The number of hydrogen-bond donors (Lipinski definition) is 0. The van der Waals surface area contributed by atoms with E-state index >= 15 is 0 Å². The minimum absolute atomic E-state index is 0.290. The van der Waals surface area contributed by atoms with Crippen molar-refractivity contribution in [2.45, 2.75) is 6.18 Å². The largest absolute Gasteiger partial charge is 0.439 e. The van der Waals surface area contributed by atoms with E-state index in [0.717, 1.165) is 23.3 Å². The fourth-order valence-corrected chi connectivity index (χ4v) is 2.78. The minimum Gasteiger partial charge on any atom is -0.439 e. The highest BCUT2D eigenvalue weighted by Gasteiger charge is 2.30. The third-order valence-electron chi connectivity index (χ3n) is 4.20. The third kappa shape index (κ3) is 4.40. The van der Waals surface area contributed by atoms with Gasteiger partial charge in [0.2, 0.25) is 5.88 Å². The van der Waals surface area contributed by atoms with Crippen LogP contribution < -0.4 is 4.74 Å². The maximum Gasteiger partial charge on any atom is 0.416 e. The van der Waals surface area contributed by atoms with Crippen molar-refractivity contribution in [3.05, 3.63) is 91.0 Å². The molecule has 2 aromatic heterocycles. The first-order valence-corrected chi connectivity index (χ1v) is 8.67. The molecule has 144 valence electrons. The molecule has 0 aliphatic rings. The summed E-state index contributed by atoms with van der Waals surface area (Å²) in [4.78, 5) is 12.3. The maximum absolute atomic E-state index is 12.7. The van der Waals surface area contributed by atoms with Crippen LogP contribution in [0.25, 0.3) is 22.4 Å². The Balaban J connectivity index is 1.57. The fraction of sp³-hybridized carbons (Fsp3) is 0.0455. The number of ether oxygens (including phenoxy) is 1. The molecule has 0 atom stereocenters. The summed E-state index contributed by atoms with van der Waals surface area (Å²) >= 11 is 0. The summed E-state index contributed by atoms with van der Waals surface area (Å²) in [6.07, 6.45) is 0.394. The van der Waals surface area contributed by atoms with Crippen molar-refractivity contribution in [1.29, 1.82) is 0 Å². The Bertz CT molecular complexity index is 1110. The highest BCUT2D eigenvalue weighted by molar-refractivity contribution is 5.64. The summed E-state index contributed by atoms with van der Waals surface area (Å²) in [6, 6.07) is 17.6. The van der Waals surface area contributed by atoms with Crippen LogP contribution in [0, 0.1) is 0 Å². The normalized spacial score (nSPS) is 11.3. The Kier molecular flexibility index (Phi) is 4.95. The standard InChI is InChI=1S/C22H14F3N3O/c23-22(24,25)18-8-6-15(7-9-18)20-12-21(28-14-27-20)29-19-5-1-3-16(11-19)17-4-2-10-26-13-17/h1-14H. The van der Waals surface area contributed by atoms with E-state index in [2.05, 4.69) is 15.0 Å². The molecule has 0 saturated carbocycles. The summed E-state index contributed by atoms with van der Waals surface area (Å²) in [5, 5.41) is 0.